The Morgan fingerprint density at radius 1 is 1.28 bits per heavy atom. The molecule has 0 atom stereocenters. The maximum Gasteiger partial charge on any atom is 0.260 e. The summed E-state index contributed by atoms with van der Waals surface area (Å²) in [6.07, 6.45) is 2.72. The molecule has 1 aromatic carbocycles. The SMILES string of the molecule is Cc1ccc(OCC(=O)N2CCC(NC(=O)CCCCl)CC2)c(C)c1. The fourth-order valence-electron chi connectivity index (χ4n) is 2.99. The predicted octanol–water partition coefficient (Wildman–Crippen LogP) is 2.81. The van der Waals surface area contributed by atoms with Crippen LogP contribution in [0.15, 0.2) is 18.2 Å². The normalized spacial score (nSPS) is 15.1. The van der Waals surface area contributed by atoms with Crippen molar-refractivity contribution in [2.24, 2.45) is 0 Å². The third-order valence-electron chi connectivity index (χ3n) is 4.43. The fourth-order valence-corrected chi connectivity index (χ4v) is 3.13. The van der Waals surface area contributed by atoms with Gasteiger partial charge in [-0.05, 0) is 44.7 Å². The number of piperidine rings is 1. The lowest BCUT2D eigenvalue weighted by atomic mass is 10.0. The highest BCUT2D eigenvalue weighted by Crippen LogP contribution is 2.19. The van der Waals surface area contributed by atoms with Crippen LogP contribution in [0.25, 0.3) is 0 Å². The molecular weight excluding hydrogens is 340 g/mol. The molecule has 25 heavy (non-hydrogen) atoms. The second-order valence-corrected chi connectivity index (χ2v) is 6.95. The first-order chi connectivity index (χ1) is 12.0. The number of hydrogen-bond donors (Lipinski definition) is 1. The number of nitrogens with one attached hydrogen (secondary N) is 1. The maximum atomic E-state index is 12.3. The summed E-state index contributed by atoms with van der Waals surface area (Å²) in [4.78, 5) is 25.9. The van der Waals surface area contributed by atoms with Gasteiger partial charge in [0.1, 0.15) is 5.75 Å². The van der Waals surface area contributed by atoms with Crippen LogP contribution in [0, 0.1) is 13.8 Å². The molecule has 5 nitrogen and oxygen atoms in total. The van der Waals surface area contributed by atoms with E-state index in [0.717, 1.165) is 24.2 Å². The molecule has 1 heterocycles. The third-order valence-corrected chi connectivity index (χ3v) is 4.70. The van der Waals surface area contributed by atoms with Gasteiger partial charge in [0.15, 0.2) is 6.61 Å². The summed E-state index contributed by atoms with van der Waals surface area (Å²) in [5.41, 5.74) is 2.21. The highest BCUT2D eigenvalue weighted by atomic mass is 35.5. The van der Waals surface area contributed by atoms with E-state index in [0.29, 0.717) is 31.8 Å². The second-order valence-electron chi connectivity index (χ2n) is 6.57. The fraction of sp³-hybridized carbons (Fsp3) is 0.579. The lowest BCUT2D eigenvalue weighted by molar-refractivity contribution is -0.134. The van der Waals surface area contributed by atoms with Gasteiger partial charge in [0.2, 0.25) is 5.91 Å². The molecular formula is C19H27ClN2O3. The minimum atomic E-state index is -0.00751. The van der Waals surface area contributed by atoms with Crippen LogP contribution >= 0.6 is 11.6 Å². The van der Waals surface area contributed by atoms with Crippen molar-refractivity contribution in [1.29, 1.82) is 0 Å². The number of carbonyl (C=O) groups excluding carboxylic acids is 2. The zero-order valence-electron chi connectivity index (χ0n) is 15.0. The highest BCUT2D eigenvalue weighted by molar-refractivity contribution is 6.17. The van der Waals surface area contributed by atoms with E-state index in [1.54, 1.807) is 0 Å². The lowest BCUT2D eigenvalue weighted by Crippen LogP contribution is -2.47. The summed E-state index contributed by atoms with van der Waals surface area (Å²) in [7, 11) is 0. The van der Waals surface area contributed by atoms with Gasteiger partial charge in [0.25, 0.3) is 5.91 Å². The first kappa shape index (κ1) is 19.6. The zero-order chi connectivity index (χ0) is 18.2. The van der Waals surface area contributed by atoms with E-state index in [2.05, 4.69) is 5.32 Å². The summed E-state index contributed by atoms with van der Waals surface area (Å²) in [6.45, 7) is 5.35. The predicted molar refractivity (Wildman–Crippen MR) is 99.1 cm³/mol. The lowest BCUT2D eigenvalue weighted by Gasteiger charge is -2.32. The molecule has 1 aliphatic rings. The number of aryl methyl sites for hydroxylation is 2. The van der Waals surface area contributed by atoms with Crippen molar-refractivity contribution in [3.05, 3.63) is 29.3 Å². The van der Waals surface area contributed by atoms with E-state index in [-0.39, 0.29) is 24.5 Å². The molecule has 1 fully saturated rings. The summed E-state index contributed by atoms with van der Waals surface area (Å²) in [5, 5.41) is 3.02. The van der Waals surface area contributed by atoms with Gasteiger partial charge in [0.05, 0.1) is 0 Å². The highest BCUT2D eigenvalue weighted by Gasteiger charge is 2.24. The van der Waals surface area contributed by atoms with Crippen molar-refractivity contribution in [3.8, 4) is 5.75 Å². The molecule has 0 bridgehead atoms. The molecule has 138 valence electrons. The molecule has 0 radical (unpaired) electrons. The number of likely N-dealkylation sites (tertiary alicyclic amines) is 1. The smallest absolute Gasteiger partial charge is 0.260 e. The average molecular weight is 367 g/mol. The Bertz CT molecular complexity index is 598. The number of halogens is 1. The molecule has 1 saturated heterocycles. The Morgan fingerprint density at radius 2 is 2.00 bits per heavy atom. The Balaban J connectivity index is 1.73. The van der Waals surface area contributed by atoms with Crippen molar-refractivity contribution < 1.29 is 14.3 Å². The minimum absolute atomic E-state index is 0.00751. The number of nitrogens with zero attached hydrogens (tertiary/aromatic N) is 1. The monoisotopic (exact) mass is 366 g/mol. The van der Waals surface area contributed by atoms with Gasteiger partial charge in [-0.1, -0.05) is 17.7 Å². The van der Waals surface area contributed by atoms with Gasteiger partial charge in [-0.15, -0.1) is 11.6 Å². The quantitative estimate of drug-likeness (QED) is 0.755. The zero-order valence-corrected chi connectivity index (χ0v) is 15.8. The Morgan fingerprint density at radius 3 is 2.64 bits per heavy atom. The number of rotatable bonds is 7. The molecule has 0 saturated carbocycles. The number of benzene rings is 1. The molecule has 0 aromatic heterocycles. The van der Waals surface area contributed by atoms with Crippen molar-refractivity contribution in [2.45, 2.75) is 45.6 Å². The van der Waals surface area contributed by atoms with Crippen molar-refractivity contribution in [2.75, 3.05) is 25.6 Å². The van der Waals surface area contributed by atoms with Gasteiger partial charge in [0, 0.05) is 31.4 Å². The molecule has 1 aliphatic heterocycles. The Kier molecular flexibility index (Phi) is 7.56. The van der Waals surface area contributed by atoms with E-state index < -0.39 is 0 Å². The van der Waals surface area contributed by atoms with Crippen LogP contribution in [0.1, 0.15) is 36.8 Å². The van der Waals surface area contributed by atoms with Gasteiger partial charge in [-0.25, -0.2) is 0 Å². The summed E-state index contributed by atoms with van der Waals surface area (Å²) < 4.78 is 5.67. The van der Waals surface area contributed by atoms with E-state index in [4.69, 9.17) is 16.3 Å². The average Bonchev–Trinajstić information content (AvgIpc) is 2.59. The molecule has 1 N–H and O–H groups in total. The van der Waals surface area contributed by atoms with E-state index in [9.17, 15) is 9.59 Å². The summed E-state index contributed by atoms with van der Waals surface area (Å²) >= 11 is 5.60. The van der Waals surface area contributed by atoms with Crippen LogP contribution in [0.2, 0.25) is 0 Å². The minimum Gasteiger partial charge on any atom is -0.484 e. The van der Waals surface area contributed by atoms with Crippen LogP contribution in [-0.2, 0) is 9.59 Å². The van der Waals surface area contributed by atoms with E-state index in [1.165, 1.54) is 5.56 Å². The number of amides is 2. The summed E-state index contributed by atoms with van der Waals surface area (Å²) in [5.74, 6) is 1.29. The number of alkyl halides is 1. The van der Waals surface area contributed by atoms with Gasteiger partial charge < -0.3 is 15.0 Å². The second kappa shape index (κ2) is 9.66. The largest absolute Gasteiger partial charge is 0.484 e. The van der Waals surface area contributed by atoms with Crippen molar-refractivity contribution in [1.82, 2.24) is 10.2 Å². The number of carbonyl (C=O) groups is 2. The van der Waals surface area contributed by atoms with E-state index >= 15 is 0 Å². The molecule has 6 heteroatoms. The first-order valence-corrected chi connectivity index (χ1v) is 9.36. The summed E-state index contributed by atoms with van der Waals surface area (Å²) in [6, 6.07) is 6.07. The van der Waals surface area contributed by atoms with Crippen LogP contribution in [0.3, 0.4) is 0 Å². The van der Waals surface area contributed by atoms with E-state index in [1.807, 2.05) is 36.9 Å². The maximum absolute atomic E-state index is 12.3. The first-order valence-electron chi connectivity index (χ1n) is 8.82. The van der Waals surface area contributed by atoms with Crippen molar-refractivity contribution in [3.63, 3.8) is 0 Å². The molecule has 1 aromatic rings. The van der Waals surface area contributed by atoms with Gasteiger partial charge in [-0.2, -0.15) is 0 Å². The van der Waals surface area contributed by atoms with Crippen LogP contribution in [0.4, 0.5) is 0 Å². The van der Waals surface area contributed by atoms with Gasteiger partial charge >= 0.3 is 0 Å². The Hall–Kier alpha value is -1.75. The number of ether oxygens (including phenoxy) is 1. The van der Waals surface area contributed by atoms with Gasteiger partial charge in [-0.3, -0.25) is 9.59 Å². The van der Waals surface area contributed by atoms with Crippen molar-refractivity contribution >= 4 is 23.4 Å². The molecule has 2 amide bonds. The third kappa shape index (κ3) is 6.24. The molecule has 2 rings (SSSR count). The molecule has 0 aliphatic carbocycles. The standard InChI is InChI=1S/C19H27ClN2O3/c1-14-5-6-17(15(2)12-14)25-13-19(24)22-10-7-16(8-11-22)21-18(23)4-3-9-20/h5-6,12,16H,3-4,7-11,13H2,1-2H3,(H,21,23). The van der Waals surface area contributed by atoms with Crippen LogP contribution in [-0.4, -0.2) is 48.3 Å². The van der Waals surface area contributed by atoms with Crippen LogP contribution < -0.4 is 10.1 Å². The Labute approximate surface area is 154 Å². The topological polar surface area (TPSA) is 58.6 Å². The number of hydrogen-bond acceptors (Lipinski definition) is 3. The molecule has 0 unspecified atom stereocenters. The molecule has 0 spiro atoms. The van der Waals surface area contributed by atoms with Crippen LogP contribution in [0.5, 0.6) is 5.75 Å².